The Morgan fingerprint density at radius 2 is 1.81 bits per heavy atom. The number of amides is 2. The molecule has 0 aliphatic carbocycles. The third-order valence-corrected chi connectivity index (χ3v) is 3.16. The van der Waals surface area contributed by atoms with Crippen molar-refractivity contribution in [2.24, 2.45) is 5.73 Å². The number of benzene rings is 1. The van der Waals surface area contributed by atoms with Gasteiger partial charge in [-0.15, -0.1) is 0 Å². The highest BCUT2D eigenvalue weighted by Crippen LogP contribution is 2.08. The topological polar surface area (TPSA) is 76.5 Å². The molecule has 0 unspecified atom stereocenters. The standard InChI is InChI=1S/C16H18N2O3/c17-15(19)9-11-18(16(20)14-7-4-12-21-14)10-8-13-5-2-1-3-6-13/h1-7,12H,8-11H2,(H2,17,19). The highest BCUT2D eigenvalue weighted by Gasteiger charge is 2.18. The van der Waals surface area contributed by atoms with Gasteiger partial charge in [-0.3, -0.25) is 9.59 Å². The minimum Gasteiger partial charge on any atom is -0.459 e. The first-order chi connectivity index (χ1) is 10.2. The molecule has 0 aliphatic heterocycles. The number of rotatable bonds is 7. The molecule has 110 valence electrons. The molecule has 0 radical (unpaired) electrons. The van der Waals surface area contributed by atoms with E-state index in [0.717, 1.165) is 5.56 Å². The van der Waals surface area contributed by atoms with E-state index in [-0.39, 0.29) is 18.1 Å². The molecule has 1 aromatic carbocycles. The van der Waals surface area contributed by atoms with Gasteiger partial charge in [0.1, 0.15) is 0 Å². The van der Waals surface area contributed by atoms with Gasteiger partial charge in [0.25, 0.3) is 5.91 Å². The summed E-state index contributed by atoms with van der Waals surface area (Å²) in [5.74, 6) is -0.378. The Kier molecular flexibility index (Phi) is 5.15. The first-order valence-electron chi connectivity index (χ1n) is 6.82. The molecule has 0 spiro atoms. The second-order valence-electron chi connectivity index (χ2n) is 4.72. The molecule has 2 N–H and O–H groups in total. The number of primary amides is 1. The maximum absolute atomic E-state index is 12.3. The van der Waals surface area contributed by atoms with Crippen LogP contribution in [0.2, 0.25) is 0 Å². The van der Waals surface area contributed by atoms with Gasteiger partial charge in [-0.2, -0.15) is 0 Å². The van der Waals surface area contributed by atoms with Crippen molar-refractivity contribution in [3.8, 4) is 0 Å². The predicted molar refractivity (Wildman–Crippen MR) is 78.6 cm³/mol. The molecule has 5 nitrogen and oxygen atoms in total. The molecule has 0 atom stereocenters. The van der Waals surface area contributed by atoms with E-state index < -0.39 is 5.91 Å². The number of furan rings is 1. The summed E-state index contributed by atoms with van der Waals surface area (Å²) >= 11 is 0. The van der Waals surface area contributed by atoms with Crippen molar-refractivity contribution in [2.75, 3.05) is 13.1 Å². The highest BCUT2D eigenvalue weighted by atomic mass is 16.3. The van der Waals surface area contributed by atoms with E-state index in [1.54, 1.807) is 17.0 Å². The Bertz CT molecular complexity index is 579. The molecule has 1 heterocycles. The van der Waals surface area contributed by atoms with Gasteiger partial charge in [0.2, 0.25) is 5.91 Å². The van der Waals surface area contributed by atoms with E-state index in [4.69, 9.17) is 10.2 Å². The lowest BCUT2D eigenvalue weighted by atomic mass is 10.1. The smallest absolute Gasteiger partial charge is 0.289 e. The van der Waals surface area contributed by atoms with Crippen molar-refractivity contribution in [3.05, 3.63) is 60.1 Å². The molecule has 0 bridgehead atoms. The first-order valence-corrected chi connectivity index (χ1v) is 6.82. The van der Waals surface area contributed by atoms with Crippen LogP contribution in [0, 0.1) is 0 Å². The normalized spacial score (nSPS) is 10.3. The molecular weight excluding hydrogens is 268 g/mol. The van der Waals surface area contributed by atoms with Gasteiger partial charge in [-0.25, -0.2) is 0 Å². The van der Waals surface area contributed by atoms with Crippen LogP contribution in [0.3, 0.4) is 0 Å². The Morgan fingerprint density at radius 3 is 2.43 bits per heavy atom. The van der Waals surface area contributed by atoms with Crippen LogP contribution in [0.15, 0.2) is 53.1 Å². The van der Waals surface area contributed by atoms with Gasteiger partial charge in [0, 0.05) is 19.5 Å². The molecule has 0 fully saturated rings. The van der Waals surface area contributed by atoms with Crippen LogP contribution in [0.5, 0.6) is 0 Å². The molecular formula is C16H18N2O3. The lowest BCUT2D eigenvalue weighted by Crippen LogP contribution is -2.35. The lowest BCUT2D eigenvalue weighted by molar-refractivity contribution is -0.118. The quantitative estimate of drug-likeness (QED) is 0.843. The molecule has 2 rings (SSSR count). The number of carbonyl (C=O) groups is 2. The van der Waals surface area contributed by atoms with Crippen LogP contribution in [0.25, 0.3) is 0 Å². The first kappa shape index (κ1) is 14.8. The Balaban J connectivity index is 2.01. The number of carbonyl (C=O) groups excluding carboxylic acids is 2. The van der Waals surface area contributed by atoms with Gasteiger partial charge < -0.3 is 15.1 Å². The highest BCUT2D eigenvalue weighted by molar-refractivity contribution is 5.91. The summed E-state index contributed by atoms with van der Waals surface area (Å²) in [7, 11) is 0. The third-order valence-electron chi connectivity index (χ3n) is 3.16. The molecule has 2 amide bonds. The maximum atomic E-state index is 12.3. The van der Waals surface area contributed by atoms with Gasteiger partial charge in [0.15, 0.2) is 5.76 Å². The van der Waals surface area contributed by atoms with Gasteiger partial charge in [0.05, 0.1) is 6.26 Å². The molecule has 2 aromatic rings. The summed E-state index contributed by atoms with van der Waals surface area (Å²) in [5.41, 5.74) is 6.30. The Morgan fingerprint density at radius 1 is 1.05 bits per heavy atom. The average Bonchev–Trinajstić information content (AvgIpc) is 3.02. The van der Waals surface area contributed by atoms with Crippen molar-refractivity contribution < 1.29 is 14.0 Å². The van der Waals surface area contributed by atoms with E-state index >= 15 is 0 Å². The molecule has 21 heavy (non-hydrogen) atoms. The summed E-state index contributed by atoms with van der Waals surface area (Å²) in [6.07, 6.45) is 2.31. The number of nitrogens with zero attached hydrogens (tertiary/aromatic N) is 1. The van der Waals surface area contributed by atoms with Crippen LogP contribution in [0.4, 0.5) is 0 Å². The summed E-state index contributed by atoms with van der Waals surface area (Å²) in [5, 5.41) is 0. The molecule has 1 aromatic heterocycles. The van der Waals surface area contributed by atoms with Crippen molar-refractivity contribution in [1.29, 1.82) is 0 Å². The second-order valence-corrected chi connectivity index (χ2v) is 4.72. The van der Waals surface area contributed by atoms with Crippen LogP contribution < -0.4 is 5.73 Å². The third kappa shape index (κ3) is 4.49. The zero-order valence-corrected chi connectivity index (χ0v) is 11.7. The second kappa shape index (κ2) is 7.28. The number of hydrogen-bond donors (Lipinski definition) is 1. The molecule has 0 aliphatic rings. The molecule has 0 saturated carbocycles. The van der Waals surface area contributed by atoms with Gasteiger partial charge in [-0.05, 0) is 24.1 Å². The SMILES string of the molecule is NC(=O)CCN(CCc1ccccc1)C(=O)c1ccco1. The lowest BCUT2D eigenvalue weighted by Gasteiger charge is -2.21. The zero-order valence-electron chi connectivity index (χ0n) is 11.7. The number of nitrogens with two attached hydrogens (primary N) is 1. The fourth-order valence-corrected chi connectivity index (χ4v) is 2.02. The van der Waals surface area contributed by atoms with Crippen molar-refractivity contribution in [2.45, 2.75) is 12.8 Å². The van der Waals surface area contributed by atoms with Crippen molar-refractivity contribution in [1.82, 2.24) is 4.90 Å². The fraction of sp³-hybridized carbons (Fsp3) is 0.250. The van der Waals surface area contributed by atoms with Crippen molar-refractivity contribution >= 4 is 11.8 Å². The van der Waals surface area contributed by atoms with Gasteiger partial charge >= 0.3 is 0 Å². The monoisotopic (exact) mass is 286 g/mol. The maximum Gasteiger partial charge on any atom is 0.289 e. The minimum absolute atomic E-state index is 0.140. The molecule has 5 heteroatoms. The van der Waals surface area contributed by atoms with Crippen LogP contribution in [-0.4, -0.2) is 29.8 Å². The zero-order chi connectivity index (χ0) is 15.1. The predicted octanol–water partition coefficient (Wildman–Crippen LogP) is 1.84. The van der Waals surface area contributed by atoms with E-state index in [9.17, 15) is 9.59 Å². The van der Waals surface area contributed by atoms with Crippen LogP contribution in [0.1, 0.15) is 22.5 Å². The molecule has 0 saturated heterocycles. The summed E-state index contributed by atoms with van der Waals surface area (Å²) < 4.78 is 5.13. The summed E-state index contributed by atoms with van der Waals surface area (Å²) in [6, 6.07) is 13.1. The van der Waals surface area contributed by atoms with Crippen LogP contribution >= 0.6 is 0 Å². The van der Waals surface area contributed by atoms with Crippen molar-refractivity contribution in [3.63, 3.8) is 0 Å². The van der Waals surface area contributed by atoms with Gasteiger partial charge in [-0.1, -0.05) is 30.3 Å². The fourth-order valence-electron chi connectivity index (χ4n) is 2.02. The van der Waals surface area contributed by atoms with E-state index in [1.807, 2.05) is 30.3 Å². The largest absolute Gasteiger partial charge is 0.459 e. The van der Waals surface area contributed by atoms with E-state index in [2.05, 4.69) is 0 Å². The number of hydrogen-bond acceptors (Lipinski definition) is 3. The Hall–Kier alpha value is -2.56. The van der Waals surface area contributed by atoms with E-state index in [1.165, 1.54) is 6.26 Å². The van der Waals surface area contributed by atoms with E-state index in [0.29, 0.717) is 19.5 Å². The summed E-state index contributed by atoms with van der Waals surface area (Å²) in [6.45, 7) is 0.804. The average molecular weight is 286 g/mol. The Labute approximate surface area is 123 Å². The minimum atomic E-state index is -0.424. The van der Waals surface area contributed by atoms with Crippen LogP contribution in [-0.2, 0) is 11.2 Å². The summed E-state index contributed by atoms with van der Waals surface area (Å²) in [4.78, 5) is 24.9.